The van der Waals surface area contributed by atoms with E-state index < -0.39 is 0 Å². The van der Waals surface area contributed by atoms with Gasteiger partial charge in [0.1, 0.15) is 5.75 Å². The number of rotatable bonds is 5. The van der Waals surface area contributed by atoms with Gasteiger partial charge in [0.05, 0.1) is 7.11 Å². The van der Waals surface area contributed by atoms with Gasteiger partial charge in [0.25, 0.3) is 0 Å². The summed E-state index contributed by atoms with van der Waals surface area (Å²) < 4.78 is 5.14. The third-order valence-corrected chi connectivity index (χ3v) is 4.94. The van der Waals surface area contributed by atoms with Crippen molar-refractivity contribution in [2.75, 3.05) is 12.4 Å². The number of ether oxygens (including phenoxy) is 1. The minimum atomic E-state index is 0.138. The average molecular weight is 323 g/mol. The molecule has 0 radical (unpaired) electrons. The summed E-state index contributed by atoms with van der Waals surface area (Å²) in [6.45, 7) is 0. The monoisotopic (exact) mass is 323 g/mol. The van der Waals surface area contributed by atoms with Crippen LogP contribution in [0.5, 0.6) is 5.75 Å². The zero-order valence-electron chi connectivity index (χ0n) is 14.2. The van der Waals surface area contributed by atoms with Gasteiger partial charge in [-0.05, 0) is 67.9 Å². The van der Waals surface area contributed by atoms with Gasteiger partial charge in [-0.25, -0.2) is 0 Å². The van der Waals surface area contributed by atoms with E-state index in [1.807, 2.05) is 24.3 Å². The molecule has 0 aliphatic heterocycles. The van der Waals surface area contributed by atoms with Crippen molar-refractivity contribution < 1.29 is 9.53 Å². The van der Waals surface area contributed by atoms with Gasteiger partial charge >= 0.3 is 0 Å². The Morgan fingerprint density at radius 1 is 1.00 bits per heavy atom. The Labute approximate surface area is 144 Å². The van der Waals surface area contributed by atoms with Crippen molar-refractivity contribution in [3.05, 3.63) is 60.2 Å². The summed E-state index contributed by atoms with van der Waals surface area (Å²) >= 11 is 0. The van der Waals surface area contributed by atoms with Crippen LogP contribution in [0.15, 0.2) is 54.6 Å². The minimum absolute atomic E-state index is 0.138. The van der Waals surface area contributed by atoms with Gasteiger partial charge in [0.15, 0.2) is 0 Å². The van der Waals surface area contributed by atoms with Crippen molar-refractivity contribution in [3.63, 3.8) is 0 Å². The smallest absolute Gasteiger partial charge is 0.227 e. The van der Waals surface area contributed by atoms with Crippen molar-refractivity contribution in [2.45, 2.75) is 32.1 Å². The molecule has 1 N–H and O–H groups in total. The molecular formula is C21H25NO2. The van der Waals surface area contributed by atoms with E-state index in [0.717, 1.165) is 43.5 Å². The number of methoxy groups -OCH3 is 1. The van der Waals surface area contributed by atoms with E-state index in [9.17, 15) is 4.79 Å². The summed E-state index contributed by atoms with van der Waals surface area (Å²) in [5, 5.41) is 3.03. The summed E-state index contributed by atoms with van der Waals surface area (Å²) in [5.41, 5.74) is 2.25. The highest BCUT2D eigenvalue weighted by Gasteiger charge is 2.26. The fourth-order valence-electron chi connectivity index (χ4n) is 3.49. The largest absolute Gasteiger partial charge is 0.497 e. The average Bonchev–Trinajstić information content (AvgIpc) is 2.64. The van der Waals surface area contributed by atoms with Crippen LogP contribution < -0.4 is 10.1 Å². The Hall–Kier alpha value is -2.29. The first-order valence-electron chi connectivity index (χ1n) is 8.73. The fourth-order valence-corrected chi connectivity index (χ4v) is 3.49. The zero-order chi connectivity index (χ0) is 16.8. The van der Waals surface area contributed by atoms with Gasteiger partial charge in [-0.3, -0.25) is 4.79 Å². The normalized spacial score (nSPS) is 20.4. The molecule has 3 nitrogen and oxygen atoms in total. The van der Waals surface area contributed by atoms with Crippen molar-refractivity contribution in [1.82, 2.24) is 0 Å². The molecule has 3 rings (SSSR count). The molecule has 2 aromatic carbocycles. The minimum Gasteiger partial charge on any atom is -0.497 e. The molecule has 126 valence electrons. The Balaban J connectivity index is 1.47. The molecule has 1 fully saturated rings. The van der Waals surface area contributed by atoms with Crippen molar-refractivity contribution in [3.8, 4) is 5.75 Å². The summed E-state index contributed by atoms with van der Waals surface area (Å²) in [7, 11) is 1.64. The molecule has 1 saturated carbocycles. The predicted molar refractivity (Wildman–Crippen MR) is 97.2 cm³/mol. The second-order valence-corrected chi connectivity index (χ2v) is 6.63. The van der Waals surface area contributed by atoms with Crippen LogP contribution >= 0.6 is 0 Å². The molecule has 1 amide bonds. The van der Waals surface area contributed by atoms with E-state index >= 15 is 0 Å². The second-order valence-electron chi connectivity index (χ2n) is 6.63. The van der Waals surface area contributed by atoms with Gasteiger partial charge in [-0.1, -0.05) is 30.3 Å². The van der Waals surface area contributed by atoms with Gasteiger partial charge in [-0.15, -0.1) is 0 Å². The highest BCUT2D eigenvalue weighted by Crippen LogP contribution is 2.32. The summed E-state index contributed by atoms with van der Waals surface area (Å²) in [4.78, 5) is 12.4. The molecule has 0 unspecified atom stereocenters. The van der Waals surface area contributed by atoms with Crippen molar-refractivity contribution in [1.29, 1.82) is 0 Å². The Morgan fingerprint density at radius 2 is 1.67 bits per heavy atom. The van der Waals surface area contributed by atoms with E-state index in [1.54, 1.807) is 7.11 Å². The maximum absolute atomic E-state index is 12.4. The first kappa shape index (κ1) is 16.6. The highest BCUT2D eigenvalue weighted by atomic mass is 16.5. The molecular weight excluding hydrogens is 298 g/mol. The number of carbonyl (C=O) groups is 1. The first-order valence-corrected chi connectivity index (χ1v) is 8.73. The maximum atomic E-state index is 12.4. The number of hydrogen-bond acceptors (Lipinski definition) is 2. The van der Waals surface area contributed by atoms with Gasteiger partial charge < -0.3 is 10.1 Å². The molecule has 0 heterocycles. The molecule has 0 saturated heterocycles. The Bertz CT molecular complexity index is 643. The van der Waals surface area contributed by atoms with Gasteiger partial charge in [0, 0.05) is 11.6 Å². The summed E-state index contributed by atoms with van der Waals surface area (Å²) in [6, 6.07) is 18.2. The topological polar surface area (TPSA) is 38.3 Å². The third-order valence-electron chi connectivity index (χ3n) is 4.94. The van der Waals surface area contributed by atoms with Crippen LogP contribution in [0.4, 0.5) is 5.69 Å². The molecule has 0 aromatic heterocycles. The number of carbonyl (C=O) groups excluding carboxylic acids is 1. The van der Waals surface area contributed by atoms with E-state index in [2.05, 4.69) is 35.6 Å². The van der Waals surface area contributed by atoms with Crippen LogP contribution in [0.3, 0.4) is 0 Å². The lowest BCUT2D eigenvalue weighted by Gasteiger charge is -2.27. The lowest BCUT2D eigenvalue weighted by atomic mass is 9.79. The van der Waals surface area contributed by atoms with Gasteiger partial charge in [-0.2, -0.15) is 0 Å². The quantitative estimate of drug-likeness (QED) is 0.867. The van der Waals surface area contributed by atoms with Crippen LogP contribution in [0, 0.1) is 11.8 Å². The standard InChI is InChI=1S/C21H25NO2/c1-24-20-13-11-19(12-14-20)22-21(23)18-9-7-17(8-10-18)15-16-5-3-2-4-6-16/h2-6,11-14,17-18H,7-10,15H2,1H3,(H,22,23)/t17-,18+. The molecule has 0 spiro atoms. The summed E-state index contributed by atoms with van der Waals surface area (Å²) in [6.07, 6.45) is 5.37. The lowest BCUT2D eigenvalue weighted by Crippen LogP contribution is -2.27. The number of nitrogens with one attached hydrogen (secondary N) is 1. The maximum Gasteiger partial charge on any atom is 0.227 e. The molecule has 0 atom stereocenters. The van der Waals surface area contributed by atoms with Crippen LogP contribution in [0.1, 0.15) is 31.2 Å². The fraction of sp³-hybridized carbons (Fsp3) is 0.381. The molecule has 3 heteroatoms. The SMILES string of the molecule is COc1ccc(NC(=O)[C@H]2CC[C@@H](Cc3ccccc3)CC2)cc1. The summed E-state index contributed by atoms with van der Waals surface area (Å²) in [5.74, 6) is 1.80. The van der Waals surface area contributed by atoms with E-state index in [1.165, 1.54) is 5.56 Å². The van der Waals surface area contributed by atoms with Crippen LogP contribution in [-0.4, -0.2) is 13.0 Å². The van der Waals surface area contributed by atoms with Crippen molar-refractivity contribution >= 4 is 11.6 Å². The molecule has 2 aromatic rings. The zero-order valence-corrected chi connectivity index (χ0v) is 14.2. The Morgan fingerprint density at radius 3 is 2.29 bits per heavy atom. The highest BCUT2D eigenvalue weighted by molar-refractivity contribution is 5.92. The van der Waals surface area contributed by atoms with Crippen LogP contribution in [-0.2, 0) is 11.2 Å². The van der Waals surface area contributed by atoms with Crippen molar-refractivity contribution in [2.24, 2.45) is 11.8 Å². The van der Waals surface area contributed by atoms with E-state index in [-0.39, 0.29) is 11.8 Å². The van der Waals surface area contributed by atoms with E-state index in [0.29, 0.717) is 5.92 Å². The Kier molecular flexibility index (Phi) is 5.52. The number of anilines is 1. The second kappa shape index (κ2) is 8.00. The molecule has 1 aliphatic carbocycles. The number of benzene rings is 2. The first-order chi connectivity index (χ1) is 11.7. The number of hydrogen-bond donors (Lipinski definition) is 1. The molecule has 0 bridgehead atoms. The number of amides is 1. The molecule has 24 heavy (non-hydrogen) atoms. The lowest BCUT2D eigenvalue weighted by molar-refractivity contribution is -0.121. The van der Waals surface area contributed by atoms with Crippen LogP contribution in [0.2, 0.25) is 0 Å². The predicted octanol–water partition coefficient (Wildman–Crippen LogP) is 4.68. The van der Waals surface area contributed by atoms with Gasteiger partial charge in [0.2, 0.25) is 5.91 Å². The van der Waals surface area contributed by atoms with Crippen LogP contribution in [0.25, 0.3) is 0 Å². The van der Waals surface area contributed by atoms with E-state index in [4.69, 9.17) is 4.74 Å². The molecule has 1 aliphatic rings. The third kappa shape index (κ3) is 4.38.